The zero-order valence-corrected chi connectivity index (χ0v) is 19.5. The fraction of sp³-hybridized carbons (Fsp3) is 0.107. The van der Waals surface area contributed by atoms with E-state index in [1.165, 1.54) is 5.39 Å². The number of nitriles is 1. The molecule has 0 aliphatic rings. The van der Waals surface area contributed by atoms with E-state index >= 15 is 0 Å². The fourth-order valence-corrected chi connectivity index (χ4v) is 4.13. The monoisotopic (exact) mass is 473 g/mol. The topological polar surface area (TPSA) is 42.2 Å². The highest BCUT2D eigenvalue weighted by Gasteiger charge is 2.11. The molecular formula is C28H21Cl2NO2. The second-order valence-corrected chi connectivity index (χ2v) is 8.20. The van der Waals surface area contributed by atoms with Crippen LogP contribution in [0.15, 0.2) is 78.9 Å². The number of nitrogens with zero attached hydrogens (tertiary/aromatic N) is 1. The Morgan fingerprint density at radius 2 is 1.73 bits per heavy atom. The molecule has 4 rings (SSSR count). The molecule has 33 heavy (non-hydrogen) atoms. The molecule has 4 aromatic rings. The predicted molar refractivity (Wildman–Crippen MR) is 136 cm³/mol. The van der Waals surface area contributed by atoms with Gasteiger partial charge in [0.1, 0.15) is 6.61 Å². The minimum Gasteiger partial charge on any atom is -0.490 e. The van der Waals surface area contributed by atoms with E-state index in [9.17, 15) is 5.26 Å². The molecule has 0 saturated heterocycles. The van der Waals surface area contributed by atoms with Gasteiger partial charge in [-0.1, -0.05) is 77.8 Å². The van der Waals surface area contributed by atoms with Gasteiger partial charge in [-0.15, -0.1) is 0 Å². The highest BCUT2D eigenvalue weighted by Crippen LogP contribution is 2.33. The van der Waals surface area contributed by atoms with Crippen LogP contribution in [0.5, 0.6) is 11.5 Å². The molecule has 0 unspecified atom stereocenters. The molecule has 0 aromatic heterocycles. The average molecular weight is 474 g/mol. The number of allylic oxidation sites excluding steroid dienone is 1. The zero-order valence-electron chi connectivity index (χ0n) is 18.0. The summed E-state index contributed by atoms with van der Waals surface area (Å²) < 4.78 is 12.0. The Labute approximate surface area is 203 Å². The summed E-state index contributed by atoms with van der Waals surface area (Å²) in [4.78, 5) is 0. The van der Waals surface area contributed by atoms with Crippen molar-refractivity contribution in [2.75, 3.05) is 6.61 Å². The molecule has 4 aromatic carbocycles. The smallest absolute Gasteiger partial charge is 0.161 e. The molecule has 0 aliphatic carbocycles. The van der Waals surface area contributed by atoms with Crippen molar-refractivity contribution in [3.05, 3.63) is 106 Å². The Kier molecular flexibility index (Phi) is 7.19. The minimum atomic E-state index is 0.417. The third-order valence-corrected chi connectivity index (χ3v) is 5.73. The summed E-state index contributed by atoms with van der Waals surface area (Å²) in [6.45, 7) is 2.83. The van der Waals surface area contributed by atoms with Crippen molar-refractivity contribution in [1.82, 2.24) is 0 Å². The molecule has 0 saturated carbocycles. The van der Waals surface area contributed by atoms with Crippen LogP contribution in [0.25, 0.3) is 22.4 Å². The maximum absolute atomic E-state index is 9.69. The van der Waals surface area contributed by atoms with Crippen LogP contribution in [-0.2, 0) is 6.61 Å². The number of hydrogen-bond donors (Lipinski definition) is 0. The van der Waals surface area contributed by atoms with E-state index in [1.54, 1.807) is 24.3 Å². The van der Waals surface area contributed by atoms with Crippen LogP contribution in [0, 0.1) is 11.3 Å². The van der Waals surface area contributed by atoms with Crippen LogP contribution in [0.1, 0.15) is 23.6 Å². The normalized spacial score (nSPS) is 11.3. The first-order chi connectivity index (χ1) is 16.1. The Balaban J connectivity index is 1.62. The van der Waals surface area contributed by atoms with Gasteiger partial charge in [0, 0.05) is 10.6 Å². The molecule has 0 bridgehead atoms. The fourth-order valence-electron chi connectivity index (χ4n) is 3.62. The van der Waals surface area contributed by atoms with Gasteiger partial charge in [0.15, 0.2) is 11.5 Å². The molecule has 0 radical (unpaired) electrons. The number of benzene rings is 4. The molecule has 0 heterocycles. The number of rotatable bonds is 7. The van der Waals surface area contributed by atoms with Crippen molar-refractivity contribution in [2.45, 2.75) is 13.5 Å². The standard InChI is InChI=1S/C28H21Cl2NO2/c1-2-32-28-15-19(14-22(17-31)25-12-11-23(29)16-26(25)30)10-13-27(28)33-18-21-8-5-7-20-6-3-4-9-24(20)21/h3-16H,2,18H2,1H3/b22-14+. The summed E-state index contributed by atoms with van der Waals surface area (Å²) in [5.41, 5.74) is 2.96. The van der Waals surface area contributed by atoms with Gasteiger partial charge in [-0.2, -0.15) is 5.26 Å². The Morgan fingerprint density at radius 1 is 0.909 bits per heavy atom. The van der Waals surface area contributed by atoms with Crippen LogP contribution >= 0.6 is 23.2 Å². The summed E-state index contributed by atoms with van der Waals surface area (Å²) in [5.74, 6) is 1.26. The third-order valence-electron chi connectivity index (χ3n) is 5.18. The zero-order chi connectivity index (χ0) is 23.2. The molecule has 0 spiro atoms. The van der Waals surface area contributed by atoms with E-state index in [2.05, 4.69) is 30.3 Å². The second-order valence-electron chi connectivity index (χ2n) is 7.36. The van der Waals surface area contributed by atoms with Crippen LogP contribution in [0.3, 0.4) is 0 Å². The summed E-state index contributed by atoms with van der Waals surface area (Å²) >= 11 is 12.3. The van der Waals surface area contributed by atoms with Crippen LogP contribution in [0.2, 0.25) is 10.0 Å². The minimum absolute atomic E-state index is 0.417. The number of hydrogen-bond acceptors (Lipinski definition) is 3. The second kappa shape index (κ2) is 10.4. The maximum Gasteiger partial charge on any atom is 0.161 e. The quantitative estimate of drug-likeness (QED) is 0.200. The van der Waals surface area contributed by atoms with Crippen molar-refractivity contribution in [2.24, 2.45) is 0 Å². The van der Waals surface area contributed by atoms with Gasteiger partial charge in [-0.3, -0.25) is 0 Å². The van der Waals surface area contributed by atoms with Gasteiger partial charge in [0.2, 0.25) is 0 Å². The summed E-state index contributed by atoms with van der Waals surface area (Å²) in [7, 11) is 0. The van der Waals surface area contributed by atoms with E-state index in [1.807, 2.05) is 43.3 Å². The van der Waals surface area contributed by atoms with Crippen molar-refractivity contribution >= 4 is 45.6 Å². The first-order valence-electron chi connectivity index (χ1n) is 10.5. The van der Waals surface area contributed by atoms with E-state index in [0.717, 1.165) is 16.5 Å². The number of ether oxygens (including phenoxy) is 2. The van der Waals surface area contributed by atoms with Crippen LogP contribution < -0.4 is 9.47 Å². The van der Waals surface area contributed by atoms with Crippen LogP contribution in [0.4, 0.5) is 0 Å². The molecule has 0 N–H and O–H groups in total. The molecule has 0 aliphatic heterocycles. The Bertz CT molecular complexity index is 1370. The number of halogens is 2. The molecular weight excluding hydrogens is 453 g/mol. The summed E-state index contributed by atoms with van der Waals surface area (Å²) in [6.07, 6.45) is 1.77. The molecule has 5 heteroatoms. The SMILES string of the molecule is CCOc1cc(/C=C(\C#N)c2ccc(Cl)cc2Cl)ccc1OCc1cccc2ccccc12. The van der Waals surface area contributed by atoms with Gasteiger partial charge < -0.3 is 9.47 Å². The largest absolute Gasteiger partial charge is 0.490 e. The average Bonchev–Trinajstić information content (AvgIpc) is 2.82. The molecule has 0 amide bonds. The number of fused-ring (bicyclic) bond motifs is 1. The van der Waals surface area contributed by atoms with Gasteiger partial charge >= 0.3 is 0 Å². The first-order valence-corrected chi connectivity index (χ1v) is 11.3. The molecule has 0 fully saturated rings. The highest BCUT2D eigenvalue weighted by atomic mass is 35.5. The van der Waals surface area contributed by atoms with Gasteiger partial charge in [-0.05, 0) is 59.2 Å². The first kappa shape index (κ1) is 22.7. The van der Waals surface area contributed by atoms with Gasteiger partial charge in [0.05, 0.1) is 23.3 Å². The predicted octanol–water partition coefficient (Wildman–Crippen LogP) is 8.19. The van der Waals surface area contributed by atoms with E-state index in [4.69, 9.17) is 32.7 Å². The molecule has 0 atom stereocenters. The lowest BCUT2D eigenvalue weighted by Gasteiger charge is -2.14. The van der Waals surface area contributed by atoms with E-state index in [0.29, 0.717) is 45.9 Å². The van der Waals surface area contributed by atoms with E-state index < -0.39 is 0 Å². The Hall–Kier alpha value is -3.45. The lowest BCUT2D eigenvalue weighted by Crippen LogP contribution is -2.00. The lowest BCUT2D eigenvalue weighted by molar-refractivity contribution is 0.270. The van der Waals surface area contributed by atoms with Crippen molar-refractivity contribution in [3.63, 3.8) is 0 Å². The Morgan fingerprint density at radius 3 is 2.52 bits per heavy atom. The van der Waals surface area contributed by atoms with Gasteiger partial charge in [-0.25, -0.2) is 0 Å². The highest BCUT2D eigenvalue weighted by molar-refractivity contribution is 6.36. The maximum atomic E-state index is 9.69. The van der Waals surface area contributed by atoms with Crippen LogP contribution in [-0.4, -0.2) is 6.61 Å². The van der Waals surface area contributed by atoms with E-state index in [-0.39, 0.29) is 0 Å². The van der Waals surface area contributed by atoms with Crippen molar-refractivity contribution < 1.29 is 9.47 Å². The third kappa shape index (κ3) is 5.31. The van der Waals surface area contributed by atoms with Crippen molar-refractivity contribution in [1.29, 1.82) is 5.26 Å². The van der Waals surface area contributed by atoms with Crippen molar-refractivity contribution in [3.8, 4) is 17.6 Å². The lowest BCUT2D eigenvalue weighted by atomic mass is 10.0. The van der Waals surface area contributed by atoms with Gasteiger partial charge in [0.25, 0.3) is 0 Å². The molecule has 164 valence electrons. The molecule has 3 nitrogen and oxygen atoms in total. The summed E-state index contributed by atoms with van der Waals surface area (Å²) in [5, 5.41) is 13.0. The summed E-state index contributed by atoms with van der Waals surface area (Å²) in [6, 6.07) is 27.3.